The Kier molecular flexibility index (Phi) is 44.3. The van der Waals surface area contributed by atoms with Gasteiger partial charge in [0, 0.05) is 51.2 Å². The maximum absolute atomic E-state index is 12.5. The van der Waals surface area contributed by atoms with E-state index in [1.807, 2.05) is 0 Å². The number of hydrogen-bond acceptors (Lipinski definition) is 13. The van der Waals surface area contributed by atoms with Crippen molar-refractivity contribution in [3.05, 3.63) is 0 Å². The summed E-state index contributed by atoms with van der Waals surface area (Å²) in [4.78, 5) is 78.6. The van der Waals surface area contributed by atoms with Crippen LogP contribution < -0.4 is 33.2 Å². The highest BCUT2D eigenvalue weighted by atomic mass is 32.1. The molecule has 3 atom stereocenters. The molecule has 0 bridgehead atoms. The van der Waals surface area contributed by atoms with Crippen LogP contribution in [-0.2, 0) is 33.6 Å². The smallest absolute Gasteiger partial charge is 0.327 e. The summed E-state index contributed by atoms with van der Waals surface area (Å²) in [6.45, 7) is 12.8. The van der Waals surface area contributed by atoms with E-state index >= 15 is 0 Å². The van der Waals surface area contributed by atoms with Crippen LogP contribution in [0.2, 0.25) is 0 Å². The number of nitrogens with two attached hydrogens (primary N) is 3. The number of carboxylic acids is 4. The largest absolute Gasteiger partial charge is 0.481 e. The number of rotatable bonds is 29. The van der Waals surface area contributed by atoms with Gasteiger partial charge in [-0.3, -0.25) is 33.7 Å². The number of unbranched alkanes of at least 4 members (excludes halogenated alkanes) is 8. The number of amides is 3. The summed E-state index contributed by atoms with van der Waals surface area (Å²) < 4.78 is 0. The first-order valence-corrected chi connectivity index (χ1v) is 19.9. The molecule has 0 radical (unpaired) electrons. The minimum absolute atomic E-state index is 0.0231. The first kappa shape index (κ1) is 58.3. The van der Waals surface area contributed by atoms with Gasteiger partial charge >= 0.3 is 23.9 Å². The lowest BCUT2D eigenvalue weighted by atomic mass is 10.1. The molecule has 0 aromatic carbocycles. The molecule has 0 spiro atoms. The Balaban J connectivity index is -0.000000365. The number of carboxylic acid groups (broad SMARTS) is 4. The van der Waals surface area contributed by atoms with Crippen LogP contribution >= 0.6 is 12.6 Å². The van der Waals surface area contributed by atoms with Crippen molar-refractivity contribution >= 4 is 54.2 Å². The Morgan fingerprint density at radius 1 is 0.618 bits per heavy atom. The normalized spacial score (nSPS) is 11.8. The molecule has 0 aromatic heterocycles. The van der Waals surface area contributed by atoms with Gasteiger partial charge in [-0.25, -0.2) is 4.79 Å². The van der Waals surface area contributed by atoms with Crippen molar-refractivity contribution < 1.29 is 54.0 Å². The summed E-state index contributed by atoms with van der Waals surface area (Å²) in [7, 11) is 0. The molecular formula is C36H73N7O11S. The highest BCUT2D eigenvalue weighted by molar-refractivity contribution is 7.80. The zero-order valence-electron chi connectivity index (χ0n) is 33.6. The minimum Gasteiger partial charge on any atom is -0.481 e. The second-order valence-corrected chi connectivity index (χ2v) is 12.8. The van der Waals surface area contributed by atoms with Gasteiger partial charge in [0.15, 0.2) is 0 Å². The zero-order valence-corrected chi connectivity index (χ0v) is 34.5. The molecule has 0 aliphatic rings. The van der Waals surface area contributed by atoms with E-state index in [-0.39, 0.29) is 49.7 Å². The maximum atomic E-state index is 12.5. The van der Waals surface area contributed by atoms with E-state index in [2.05, 4.69) is 56.3 Å². The molecular weight excluding hydrogens is 739 g/mol. The molecule has 0 saturated carbocycles. The third kappa shape index (κ3) is 40.1. The van der Waals surface area contributed by atoms with Crippen LogP contribution in [-0.4, -0.2) is 130 Å². The second-order valence-electron chi connectivity index (χ2n) is 12.4. The van der Waals surface area contributed by atoms with Gasteiger partial charge in [0.05, 0.1) is 12.5 Å². The van der Waals surface area contributed by atoms with Gasteiger partial charge in [-0.1, -0.05) is 79.1 Å². The van der Waals surface area contributed by atoms with E-state index in [1.54, 1.807) is 0 Å². The monoisotopic (exact) mass is 812 g/mol. The van der Waals surface area contributed by atoms with Crippen molar-refractivity contribution in [3.8, 4) is 0 Å². The third-order valence-corrected chi connectivity index (χ3v) is 7.78. The zero-order chi connectivity index (χ0) is 43.0. The fraction of sp³-hybridized carbons (Fsp3) is 0.806. The SMILES string of the molecule is CCCCCCCC(=O)N(C(=O)CCCCCCC)C(CS)C(=O)O.CCNCC.NC(CCC(=O)O)C(=O)O.NCCNCCNC(=O)C(N)CC(=O)O. The number of thiol groups is 1. The summed E-state index contributed by atoms with van der Waals surface area (Å²) in [5, 5.41) is 42.6. The Labute approximate surface area is 332 Å². The standard InChI is InChI=1S/C19H35NO4S.C8H18N4O3.C5H9NO4.C4H11N/c1-3-5-7-9-11-13-17(21)20(16(15-25)19(23)24)18(22)14-12-10-8-6-4-2;9-1-2-11-3-4-12-8(15)6(10)5-7(13)14;6-3(5(9)10)1-2-4(7)8;1-3-5-4-2/h16,25H,3-15H2,1-2H3,(H,23,24);6,11H,1-5,9-10H2,(H,12,15)(H,13,14);3H,1-2,6H2,(H,7,8)(H,9,10);5H,3-4H2,1-2H3. The van der Waals surface area contributed by atoms with Crippen molar-refractivity contribution in [3.63, 3.8) is 0 Å². The van der Waals surface area contributed by atoms with E-state index in [0.29, 0.717) is 39.0 Å². The quantitative estimate of drug-likeness (QED) is 0.0379. The number of carbonyl (C=O) groups excluding carboxylic acids is 3. The minimum atomic E-state index is -1.17. The van der Waals surface area contributed by atoms with E-state index < -0.39 is 47.9 Å². The molecule has 0 fully saturated rings. The number of imide groups is 1. The van der Waals surface area contributed by atoms with Crippen LogP contribution in [0.25, 0.3) is 0 Å². The predicted octanol–water partition coefficient (Wildman–Crippen LogP) is 1.78. The number of aliphatic carboxylic acids is 4. The summed E-state index contributed by atoms with van der Waals surface area (Å²) in [5.74, 6) is -5.72. The fourth-order valence-electron chi connectivity index (χ4n) is 4.32. The van der Waals surface area contributed by atoms with Crippen LogP contribution in [0.3, 0.4) is 0 Å². The Morgan fingerprint density at radius 2 is 1.11 bits per heavy atom. The summed E-state index contributed by atoms with van der Waals surface area (Å²) in [6, 6.07) is -3.22. The summed E-state index contributed by atoms with van der Waals surface area (Å²) in [5.41, 5.74) is 15.6. The van der Waals surface area contributed by atoms with Crippen LogP contribution in [0.4, 0.5) is 0 Å². The Bertz CT molecular complexity index is 1010. The van der Waals surface area contributed by atoms with E-state index in [9.17, 15) is 38.7 Å². The van der Waals surface area contributed by atoms with Crippen molar-refractivity contribution in [2.75, 3.05) is 45.0 Å². The van der Waals surface area contributed by atoms with Gasteiger partial charge < -0.3 is 53.6 Å². The van der Waals surface area contributed by atoms with Crippen molar-refractivity contribution in [1.82, 2.24) is 20.9 Å². The topological polar surface area (TPSA) is 318 Å². The fourth-order valence-corrected chi connectivity index (χ4v) is 4.64. The van der Waals surface area contributed by atoms with Crippen molar-refractivity contribution in [1.29, 1.82) is 0 Å². The van der Waals surface area contributed by atoms with Gasteiger partial charge in [0.25, 0.3) is 0 Å². The molecule has 3 amide bonds. The molecule has 0 aromatic rings. The molecule has 19 heteroatoms. The number of carbonyl (C=O) groups is 7. The molecule has 324 valence electrons. The van der Waals surface area contributed by atoms with E-state index in [0.717, 1.165) is 69.4 Å². The van der Waals surface area contributed by atoms with Crippen LogP contribution in [0.15, 0.2) is 0 Å². The molecule has 13 N–H and O–H groups in total. The molecule has 3 unspecified atom stereocenters. The average molecular weight is 812 g/mol. The molecule has 0 aliphatic carbocycles. The summed E-state index contributed by atoms with van der Waals surface area (Å²) >= 11 is 4.03. The van der Waals surface area contributed by atoms with Crippen LogP contribution in [0.1, 0.15) is 124 Å². The predicted molar refractivity (Wildman–Crippen MR) is 216 cm³/mol. The van der Waals surface area contributed by atoms with Crippen LogP contribution in [0.5, 0.6) is 0 Å². The van der Waals surface area contributed by atoms with Gasteiger partial charge in [-0.15, -0.1) is 0 Å². The highest BCUT2D eigenvalue weighted by Gasteiger charge is 2.33. The average Bonchev–Trinajstić information content (AvgIpc) is 3.12. The van der Waals surface area contributed by atoms with Crippen LogP contribution in [0, 0.1) is 0 Å². The first-order valence-electron chi connectivity index (χ1n) is 19.3. The lowest BCUT2D eigenvalue weighted by Gasteiger charge is -2.26. The Hall–Kier alpha value is -3.36. The van der Waals surface area contributed by atoms with Crippen molar-refractivity contribution in [2.24, 2.45) is 17.2 Å². The molecule has 55 heavy (non-hydrogen) atoms. The van der Waals surface area contributed by atoms with Gasteiger partial charge in [-0.2, -0.15) is 12.6 Å². The Morgan fingerprint density at radius 3 is 1.45 bits per heavy atom. The lowest BCUT2D eigenvalue weighted by Crippen LogP contribution is -2.49. The number of hydrogen-bond donors (Lipinski definition) is 11. The van der Waals surface area contributed by atoms with Crippen molar-refractivity contribution in [2.45, 2.75) is 142 Å². The van der Waals surface area contributed by atoms with E-state index in [4.69, 9.17) is 32.5 Å². The first-order chi connectivity index (χ1) is 26.0. The number of nitrogens with one attached hydrogen (secondary N) is 3. The number of nitrogens with zero attached hydrogens (tertiary/aromatic N) is 1. The highest BCUT2D eigenvalue weighted by Crippen LogP contribution is 2.14. The van der Waals surface area contributed by atoms with Gasteiger partial charge in [-0.05, 0) is 32.4 Å². The lowest BCUT2D eigenvalue weighted by molar-refractivity contribution is -0.157. The molecule has 18 nitrogen and oxygen atoms in total. The van der Waals surface area contributed by atoms with Gasteiger partial charge in [0.2, 0.25) is 17.7 Å². The maximum Gasteiger partial charge on any atom is 0.327 e. The molecule has 0 aliphatic heterocycles. The molecule has 0 rings (SSSR count). The van der Waals surface area contributed by atoms with Gasteiger partial charge in [0.1, 0.15) is 12.1 Å². The molecule has 0 heterocycles. The summed E-state index contributed by atoms with van der Waals surface area (Å²) in [6.07, 6.45) is 9.73. The third-order valence-electron chi connectivity index (χ3n) is 7.44. The second kappa shape index (κ2) is 41.8. The van der Waals surface area contributed by atoms with E-state index in [1.165, 1.54) is 0 Å². The molecule has 0 saturated heterocycles.